The predicted molar refractivity (Wildman–Crippen MR) is 114 cm³/mol. The summed E-state index contributed by atoms with van der Waals surface area (Å²) in [7, 11) is 0. The Hall–Kier alpha value is -2.97. The van der Waals surface area contributed by atoms with Gasteiger partial charge in [0.2, 0.25) is 0 Å². The van der Waals surface area contributed by atoms with Gasteiger partial charge in [-0.15, -0.1) is 0 Å². The molecule has 0 saturated carbocycles. The molecule has 0 bridgehead atoms. The van der Waals surface area contributed by atoms with E-state index in [4.69, 9.17) is 0 Å². The summed E-state index contributed by atoms with van der Waals surface area (Å²) in [4.78, 5) is 0. The van der Waals surface area contributed by atoms with Crippen LogP contribution >= 0.6 is 0 Å². The topological polar surface area (TPSA) is 0 Å². The maximum Gasteiger partial charge on any atom is 0.416 e. The minimum absolute atomic E-state index is 0.160. The number of hydrogen-bond acceptors (Lipinski definition) is 0. The van der Waals surface area contributed by atoms with Crippen LogP contribution in [0.3, 0.4) is 0 Å². The average Bonchev–Trinajstić information content (AvgIpc) is 2.71. The monoisotopic (exact) mass is 504 g/mol. The Morgan fingerprint density at radius 3 is 1.03 bits per heavy atom. The zero-order valence-corrected chi connectivity index (χ0v) is 19.1. The van der Waals surface area contributed by atoms with E-state index in [1.807, 2.05) is 0 Å². The van der Waals surface area contributed by atoms with Crippen LogP contribution in [0.1, 0.15) is 50.1 Å². The standard InChI is InChI=1S/C26H21F9/c1-14-5-7-18(9-16(14)3)23(26(33,34)35,19-8-6-15(2)17(4)10-19)20-11-21(24(27,28)29)13-22(12-20)25(30,31)32/h5-13H,1-4H3. The summed E-state index contributed by atoms with van der Waals surface area (Å²) in [5.41, 5.74) is -7.02. The molecule has 188 valence electrons. The van der Waals surface area contributed by atoms with Gasteiger partial charge < -0.3 is 0 Å². The van der Waals surface area contributed by atoms with E-state index in [9.17, 15) is 26.3 Å². The molecular formula is C26H21F9. The second-order valence-electron chi connectivity index (χ2n) is 8.64. The molecule has 0 N–H and O–H groups in total. The molecule has 0 fully saturated rings. The van der Waals surface area contributed by atoms with Gasteiger partial charge in [-0.25, -0.2) is 0 Å². The van der Waals surface area contributed by atoms with E-state index in [0.29, 0.717) is 22.3 Å². The molecule has 35 heavy (non-hydrogen) atoms. The lowest BCUT2D eigenvalue weighted by molar-refractivity contribution is -0.167. The van der Waals surface area contributed by atoms with Crippen molar-refractivity contribution in [2.24, 2.45) is 0 Å². The number of alkyl halides is 9. The molecule has 3 aromatic rings. The van der Waals surface area contributed by atoms with Crippen LogP contribution in [0.2, 0.25) is 0 Å². The van der Waals surface area contributed by atoms with E-state index in [1.54, 1.807) is 13.8 Å². The van der Waals surface area contributed by atoms with Crippen LogP contribution in [0.15, 0.2) is 54.6 Å². The Kier molecular flexibility index (Phi) is 6.55. The second kappa shape index (κ2) is 8.60. The third-order valence-corrected chi connectivity index (χ3v) is 6.33. The number of benzene rings is 3. The fraction of sp³-hybridized carbons (Fsp3) is 0.308. The van der Waals surface area contributed by atoms with Crippen molar-refractivity contribution in [2.45, 2.75) is 51.6 Å². The number of rotatable bonds is 3. The number of hydrogen-bond donors (Lipinski definition) is 0. The SMILES string of the molecule is Cc1ccc(C(c2cc(C(F)(F)F)cc(C(F)(F)F)c2)(c2ccc(C)c(C)c2)C(F)(F)F)cc1C. The maximum atomic E-state index is 15.2. The molecule has 0 aliphatic carbocycles. The van der Waals surface area contributed by atoms with E-state index in [1.165, 1.54) is 26.0 Å². The van der Waals surface area contributed by atoms with Crippen molar-refractivity contribution in [2.75, 3.05) is 0 Å². The first kappa shape index (κ1) is 26.6. The van der Waals surface area contributed by atoms with Gasteiger partial charge >= 0.3 is 18.5 Å². The third kappa shape index (κ3) is 4.77. The zero-order chi connectivity index (χ0) is 26.6. The Bertz CT molecular complexity index is 1160. The van der Waals surface area contributed by atoms with Crippen LogP contribution in [-0.2, 0) is 17.8 Å². The Balaban J connectivity index is 2.60. The summed E-state index contributed by atoms with van der Waals surface area (Å²) in [5.74, 6) is 0. The van der Waals surface area contributed by atoms with Gasteiger partial charge in [-0.3, -0.25) is 0 Å². The van der Waals surface area contributed by atoms with Crippen molar-refractivity contribution in [3.63, 3.8) is 0 Å². The van der Waals surface area contributed by atoms with Gasteiger partial charge in [-0.2, -0.15) is 39.5 Å². The van der Waals surface area contributed by atoms with Crippen molar-refractivity contribution < 1.29 is 39.5 Å². The molecule has 0 aliphatic rings. The van der Waals surface area contributed by atoms with Gasteiger partial charge in [0.05, 0.1) is 11.1 Å². The van der Waals surface area contributed by atoms with Crippen LogP contribution in [-0.4, -0.2) is 6.18 Å². The van der Waals surface area contributed by atoms with E-state index in [0.717, 1.165) is 24.3 Å². The minimum Gasteiger partial charge on any atom is -0.169 e. The van der Waals surface area contributed by atoms with Crippen molar-refractivity contribution in [1.82, 2.24) is 0 Å². The molecule has 0 aliphatic heterocycles. The molecule has 0 nitrogen and oxygen atoms in total. The lowest BCUT2D eigenvalue weighted by atomic mass is 9.67. The summed E-state index contributed by atoms with van der Waals surface area (Å²) in [6.07, 6.45) is -15.9. The first-order valence-electron chi connectivity index (χ1n) is 10.4. The summed E-state index contributed by atoms with van der Waals surface area (Å²) in [5, 5.41) is 0. The Morgan fingerprint density at radius 1 is 0.400 bits per heavy atom. The van der Waals surface area contributed by atoms with Gasteiger partial charge in [0, 0.05) is 0 Å². The third-order valence-electron chi connectivity index (χ3n) is 6.33. The molecule has 0 heterocycles. The highest BCUT2D eigenvalue weighted by atomic mass is 19.4. The first-order chi connectivity index (χ1) is 15.9. The summed E-state index contributed by atoms with van der Waals surface area (Å²) >= 11 is 0. The summed E-state index contributed by atoms with van der Waals surface area (Å²) in [6.45, 7) is 6.31. The molecule has 0 spiro atoms. The lowest BCUT2D eigenvalue weighted by Gasteiger charge is -2.39. The quantitative estimate of drug-likeness (QED) is 0.247. The second-order valence-corrected chi connectivity index (χ2v) is 8.64. The van der Waals surface area contributed by atoms with Gasteiger partial charge in [0.1, 0.15) is 5.41 Å². The van der Waals surface area contributed by atoms with Crippen LogP contribution in [0.25, 0.3) is 0 Å². The van der Waals surface area contributed by atoms with E-state index < -0.39 is 51.8 Å². The smallest absolute Gasteiger partial charge is 0.169 e. The largest absolute Gasteiger partial charge is 0.416 e. The highest BCUT2D eigenvalue weighted by Gasteiger charge is 2.59. The van der Waals surface area contributed by atoms with Crippen molar-refractivity contribution in [3.05, 3.63) is 105 Å². The average molecular weight is 504 g/mol. The Labute approximate surface area is 196 Å². The first-order valence-corrected chi connectivity index (χ1v) is 10.4. The highest BCUT2D eigenvalue weighted by molar-refractivity contribution is 5.57. The summed E-state index contributed by atoms with van der Waals surface area (Å²) < 4.78 is 127. The van der Waals surface area contributed by atoms with Crippen LogP contribution in [0.5, 0.6) is 0 Å². The van der Waals surface area contributed by atoms with Gasteiger partial charge in [0.15, 0.2) is 0 Å². The molecule has 0 amide bonds. The molecule has 0 aromatic heterocycles. The zero-order valence-electron chi connectivity index (χ0n) is 19.1. The molecule has 9 heteroatoms. The van der Waals surface area contributed by atoms with Crippen molar-refractivity contribution in [3.8, 4) is 0 Å². The fourth-order valence-electron chi connectivity index (χ4n) is 4.11. The fourth-order valence-corrected chi connectivity index (χ4v) is 4.11. The van der Waals surface area contributed by atoms with E-state index >= 15 is 13.2 Å². The van der Waals surface area contributed by atoms with E-state index in [-0.39, 0.29) is 18.2 Å². The van der Waals surface area contributed by atoms with Crippen LogP contribution in [0.4, 0.5) is 39.5 Å². The predicted octanol–water partition coefficient (Wildman–Crippen LogP) is 8.85. The van der Waals surface area contributed by atoms with Gasteiger partial charge in [-0.1, -0.05) is 36.4 Å². The van der Waals surface area contributed by atoms with Crippen LogP contribution in [0, 0.1) is 27.7 Å². The number of halogens is 9. The van der Waals surface area contributed by atoms with Gasteiger partial charge in [-0.05, 0) is 84.8 Å². The van der Waals surface area contributed by atoms with Crippen molar-refractivity contribution >= 4 is 0 Å². The highest BCUT2D eigenvalue weighted by Crippen LogP contribution is 2.53. The number of aryl methyl sites for hydroxylation is 4. The van der Waals surface area contributed by atoms with Gasteiger partial charge in [0.25, 0.3) is 0 Å². The van der Waals surface area contributed by atoms with Crippen LogP contribution < -0.4 is 0 Å². The molecule has 0 radical (unpaired) electrons. The maximum absolute atomic E-state index is 15.2. The van der Waals surface area contributed by atoms with Crippen molar-refractivity contribution in [1.29, 1.82) is 0 Å². The molecular weight excluding hydrogens is 483 g/mol. The molecule has 0 atom stereocenters. The lowest BCUT2D eigenvalue weighted by Crippen LogP contribution is -2.45. The molecule has 0 saturated heterocycles. The summed E-state index contributed by atoms with van der Waals surface area (Å²) in [6, 6.07) is 7.38. The molecule has 3 aromatic carbocycles. The normalized spacial score (nSPS) is 13.3. The molecule has 3 rings (SSSR count). The molecule has 0 unspecified atom stereocenters. The minimum atomic E-state index is -5.31. The Morgan fingerprint density at radius 2 is 0.743 bits per heavy atom. The van der Waals surface area contributed by atoms with E-state index in [2.05, 4.69) is 0 Å².